The van der Waals surface area contributed by atoms with Crippen LogP contribution >= 0.6 is 12.4 Å². The maximum atomic E-state index is 10.7. The molecule has 0 unspecified atom stereocenters. The highest BCUT2D eigenvalue weighted by Gasteiger charge is 2.24. The van der Waals surface area contributed by atoms with Crippen LogP contribution in [-0.4, -0.2) is 59.2 Å². The summed E-state index contributed by atoms with van der Waals surface area (Å²) < 4.78 is 23.2. The van der Waals surface area contributed by atoms with Crippen LogP contribution in [0.4, 0.5) is 0 Å². The van der Waals surface area contributed by atoms with Gasteiger partial charge in [-0.25, -0.2) is 0 Å². The number of ether oxygens (including phenoxy) is 2. The first-order chi connectivity index (χ1) is 17.6. The number of piperidine rings is 1. The third kappa shape index (κ3) is 5.61. The first-order valence-corrected chi connectivity index (χ1v) is 12.7. The van der Waals surface area contributed by atoms with Crippen LogP contribution in [0.2, 0.25) is 0 Å². The van der Waals surface area contributed by atoms with Gasteiger partial charge < -0.3 is 28.3 Å². The molecule has 1 atom stereocenters. The minimum absolute atomic E-state index is 0. The lowest BCUT2D eigenvalue weighted by molar-refractivity contribution is 0.0599. The number of aliphatic hydroxyl groups excluding tert-OH is 1. The number of furan rings is 1. The van der Waals surface area contributed by atoms with Gasteiger partial charge >= 0.3 is 0 Å². The van der Waals surface area contributed by atoms with E-state index < -0.39 is 6.10 Å². The molecule has 2 aromatic carbocycles. The Morgan fingerprint density at radius 1 is 1.11 bits per heavy atom. The Kier molecular flexibility index (Phi) is 7.69. The van der Waals surface area contributed by atoms with Crippen molar-refractivity contribution in [3.63, 3.8) is 0 Å². The number of aromatic nitrogens is 2. The molecule has 2 aromatic heterocycles. The fourth-order valence-electron chi connectivity index (χ4n) is 5.26. The van der Waals surface area contributed by atoms with Crippen LogP contribution in [0.5, 0.6) is 11.5 Å². The van der Waals surface area contributed by atoms with E-state index in [1.165, 1.54) is 11.1 Å². The third-order valence-electron chi connectivity index (χ3n) is 7.16. The molecule has 0 spiro atoms. The van der Waals surface area contributed by atoms with E-state index >= 15 is 0 Å². The molecule has 2 aliphatic rings. The number of aliphatic hydroxyl groups is 1. The highest BCUT2D eigenvalue weighted by molar-refractivity contribution is 5.87. The van der Waals surface area contributed by atoms with Crippen molar-refractivity contribution in [2.45, 2.75) is 44.6 Å². The van der Waals surface area contributed by atoms with E-state index in [1.807, 2.05) is 24.3 Å². The molecule has 0 amide bonds. The zero-order valence-electron chi connectivity index (χ0n) is 20.9. The Labute approximate surface area is 222 Å². The quantitative estimate of drug-likeness (QED) is 0.354. The van der Waals surface area contributed by atoms with Crippen LogP contribution in [0.1, 0.15) is 42.2 Å². The van der Waals surface area contributed by atoms with Gasteiger partial charge in [-0.3, -0.25) is 0 Å². The van der Waals surface area contributed by atoms with Gasteiger partial charge in [-0.1, -0.05) is 18.2 Å². The molecule has 0 bridgehead atoms. The molecular weight excluding hydrogens is 494 g/mol. The number of likely N-dealkylation sites (tertiary alicyclic amines) is 1. The van der Waals surface area contributed by atoms with Crippen molar-refractivity contribution in [3.05, 3.63) is 59.5 Å². The van der Waals surface area contributed by atoms with Gasteiger partial charge in [-0.15, -0.1) is 22.6 Å². The molecule has 0 aliphatic carbocycles. The van der Waals surface area contributed by atoms with Crippen LogP contribution in [-0.2, 0) is 6.42 Å². The van der Waals surface area contributed by atoms with E-state index in [4.69, 9.17) is 18.3 Å². The van der Waals surface area contributed by atoms with Gasteiger partial charge in [-0.2, -0.15) is 0 Å². The molecule has 37 heavy (non-hydrogen) atoms. The molecule has 2 aliphatic heterocycles. The van der Waals surface area contributed by atoms with Crippen molar-refractivity contribution < 1.29 is 23.4 Å². The summed E-state index contributed by atoms with van der Waals surface area (Å²) in [7, 11) is 0. The van der Waals surface area contributed by atoms with Gasteiger partial charge in [0.1, 0.15) is 29.8 Å². The van der Waals surface area contributed by atoms with E-state index in [0.29, 0.717) is 41.3 Å². The van der Waals surface area contributed by atoms with Crippen molar-refractivity contribution in [3.8, 4) is 23.1 Å². The molecule has 6 rings (SSSR count). The summed E-state index contributed by atoms with van der Waals surface area (Å²) in [4.78, 5) is 2.33. The lowest BCUT2D eigenvalue weighted by Crippen LogP contribution is -2.40. The normalized spacial score (nSPS) is 17.1. The van der Waals surface area contributed by atoms with Crippen LogP contribution in [0, 0.1) is 6.92 Å². The van der Waals surface area contributed by atoms with Crippen LogP contribution in [0.3, 0.4) is 0 Å². The Morgan fingerprint density at radius 3 is 2.78 bits per heavy atom. The lowest BCUT2D eigenvalue weighted by Gasteiger charge is -2.33. The summed E-state index contributed by atoms with van der Waals surface area (Å²) in [5.74, 6) is 3.58. The summed E-state index contributed by atoms with van der Waals surface area (Å²) >= 11 is 0. The van der Waals surface area contributed by atoms with Crippen LogP contribution in [0.15, 0.2) is 51.3 Å². The maximum Gasteiger partial charge on any atom is 0.283 e. The molecule has 0 radical (unpaired) electrons. The van der Waals surface area contributed by atoms with Crippen LogP contribution in [0.25, 0.3) is 22.6 Å². The number of rotatable bonds is 7. The van der Waals surface area contributed by atoms with Gasteiger partial charge in [-0.05, 0) is 74.0 Å². The Bertz CT molecular complexity index is 1340. The number of hydrogen-bond acceptors (Lipinski definition) is 8. The third-order valence-corrected chi connectivity index (χ3v) is 7.16. The van der Waals surface area contributed by atoms with Crippen LogP contribution < -0.4 is 9.47 Å². The molecule has 8 nitrogen and oxygen atoms in total. The van der Waals surface area contributed by atoms with Gasteiger partial charge in [0.2, 0.25) is 5.89 Å². The number of benzene rings is 2. The summed E-state index contributed by atoms with van der Waals surface area (Å²) in [6, 6.07) is 14.2. The fraction of sp³-hybridized carbons (Fsp3) is 0.429. The lowest BCUT2D eigenvalue weighted by atomic mass is 9.88. The van der Waals surface area contributed by atoms with Gasteiger partial charge in [0.15, 0.2) is 5.76 Å². The predicted octanol–water partition coefficient (Wildman–Crippen LogP) is 5.16. The molecule has 4 heterocycles. The van der Waals surface area contributed by atoms with E-state index in [0.717, 1.165) is 56.5 Å². The molecule has 1 fully saturated rings. The smallest absolute Gasteiger partial charge is 0.283 e. The van der Waals surface area contributed by atoms with Gasteiger partial charge in [0.25, 0.3) is 5.89 Å². The SMILES string of the molecule is Cc1nnc(-c2cc3c(OC[C@@H](O)CN4CCC(c5ccc6c(c5)OCCC6)CC4)cccc3o2)o1.Cl. The zero-order chi connectivity index (χ0) is 24.5. The first kappa shape index (κ1) is 25.6. The molecule has 4 aromatic rings. The average Bonchev–Trinajstić information content (AvgIpc) is 3.54. The highest BCUT2D eigenvalue weighted by atomic mass is 35.5. The number of aryl methyl sites for hydroxylation is 2. The largest absolute Gasteiger partial charge is 0.493 e. The van der Waals surface area contributed by atoms with E-state index in [2.05, 4.69) is 33.3 Å². The zero-order valence-corrected chi connectivity index (χ0v) is 21.7. The number of hydrogen-bond donors (Lipinski definition) is 1. The molecule has 0 saturated carbocycles. The van der Waals surface area contributed by atoms with Gasteiger partial charge in [0.05, 0.1) is 12.0 Å². The Hall–Kier alpha value is -3.07. The Morgan fingerprint density at radius 2 is 1.97 bits per heavy atom. The topological polar surface area (TPSA) is 94.0 Å². The van der Waals surface area contributed by atoms with E-state index in [1.54, 1.807) is 6.92 Å². The molecule has 1 saturated heterocycles. The second kappa shape index (κ2) is 11.1. The van der Waals surface area contributed by atoms with Crippen molar-refractivity contribution in [2.24, 2.45) is 0 Å². The van der Waals surface area contributed by atoms with Crippen molar-refractivity contribution in [1.29, 1.82) is 0 Å². The minimum atomic E-state index is -0.584. The molecule has 1 N–H and O–H groups in total. The van der Waals surface area contributed by atoms with Crippen molar-refractivity contribution in [2.75, 3.05) is 32.8 Å². The molecule has 196 valence electrons. The van der Waals surface area contributed by atoms with Crippen molar-refractivity contribution in [1.82, 2.24) is 15.1 Å². The fourth-order valence-corrected chi connectivity index (χ4v) is 5.26. The second-order valence-electron chi connectivity index (χ2n) is 9.76. The summed E-state index contributed by atoms with van der Waals surface area (Å²) in [6.45, 7) is 5.28. The maximum absolute atomic E-state index is 10.7. The minimum Gasteiger partial charge on any atom is -0.493 e. The molecule has 9 heteroatoms. The number of halogens is 1. The highest BCUT2D eigenvalue weighted by Crippen LogP contribution is 2.35. The number of nitrogens with zero attached hydrogens (tertiary/aromatic N) is 3. The Balaban J connectivity index is 0.00000280. The van der Waals surface area contributed by atoms with E-state index in [9.17, 15) is 5.11 Å². The average molecular weight is 526 g/mol. The number of fused-ring (bicyclic) bond motifs is 2. The van der Waals surface area contributed by atoms with E-state index in [-0.39, 0.29) is 19.0 Å². The predicted molar refractivity (Wildman–Crippen MR) is 142 cm³/mol. The summed E-state index contributed by atoms with van der Waals surface area (Å²) in [6.07, 6.45) is 3.80. The second-order valence-corrected chi connectivity index (χ2v) is 9.76. The van der Waals surface area contributed by atoms with Crippen molar-refractivity contribution >= 4 is 23.4 Å². The molecular formula is C28H32ClN3O5. The summed E-state index contributed by atoms with van der Waals surface area (Å²) in [5, 5.41) is 19.4. The first-order valence-electron chi connectivity index (χ1n) is 12.7. The number of β-amino-alcohol motifs (C(OH)–C–C–N with tert-alkyl or cyclic N) is 1. The van der Waals surface area contributed by atoms with Gasteiger partial charge in [0, 0.05) is 19.5 Å². The standard InChI is InChI=1S/C28H31N3O5.ClH/c1-18-29-30-28(35-18)27-15-23-24(5-2-6-25(23)36-27)34-17-22(32)16-31-11-9-19(10-12-31)21-8-7-20-4-3-13-33-26(20)14-21;/h2,5-8,14-15,19,22,32H,3-4,9-13,16-17H2,1H3;1H/t22-;/m0./s1. The monoisotopic (exact) mass is 525 g/mol. The summed E-state index contributed by atoms with van der Waals surface area (Å²) in [5.41, 5.74) is 3.38.